The Morgan fingerprint density at radius 2 is 1.66 bits per heavy atom. The number of carbonyl (C=O) groups is 1. The molecule has 1 saturated carbocycles. The average Bonchev–Trinajstić information content (AvgIpc) is 3.62. The first-order valence-electron chi connectivity index (χ1n) is 14.1. The monoisotopic (exact) mass is 544 g/mol. The molecule has 41 heavy (non-hydrogen) atoms. The predicted molar refractivity (Wildman–Crippen MR) is 160 cm³/mol. The van der Waals surface area contributed by atoms with Crippen molar-refractivity contribution in [2.24, 2.45) is 5.92 Å². The quantitative estimate of drug-likeness (QED) is 0.199. The van der Waals surface area contributed by atoms with Gasteiger partial charge in [-0.3, -0.25) is 19.9 Å². The molecule has 1 aliphatic carbocycles. The number of carbonyl (C=O) groups excluding carboxylic acids is 1. The standard InChI is InChI=1S/C33H29FN6O/c34-24-9-6-21(7-10-24)32-27-17-30(38-28(27)12-13-36-32)33-26-16-22(8-11-29(26)39-40-33)23-15-25(19-35-18-23)37-31(41)14-20-4-2-1-3-5-20/h6-13,15-20,38H,1-5,14H2,(H,37,41)(H,39,40). The number of nitrogens with zero attached hydrogens (tertiary/aromatic N) is 3. The highest BCUT2D eigenvalue weighted by molar-refractivity contribution is 6.01. The molecule has 1 fully saturated rings. The summed E-state index contributed by atoms with van der Waals surface area (Å²) in [5, 5.41) is 12.7. The number of halogens is 1. The van der Waals surface area contributed by atoms with E-state index in [0.29, 0.717) is 18.0 Å². The lowest BCUT2D eigenvalue weighted by atomic mass is 9.87. The third-order valence-electron chi connectivity index (χ3n) is 8.04. The van der Waals surface area contributed by atoms with E-state index < -0.39 is 0 Å². The molecule has 4 aromatic heterocycles. The zero-order valence-corrected chi connectivity index (χ0v) is 22.5. The Hall–Kier alpha value is -4.85. The number of H-pyrrole nitrogens is 2. The molecule has 0 spiro atoms. The van der Waals surface area contributed by atoms with E-state index >= 15 is 0 Å². The molecule has 0 atom stereocenters. The normalized spacial score (nSPS) is 14.1. The van der Waals surface area contributed by atoms with Gasteiger partial charge in [-0.2, -0.15) is 5.10 Å². The molecule has 8 heteroatoms. The van der Waals surface area contributed by atoms with Crippen LogP contribution in [0, 0.1) is 11.7 Å². The average molecular weight is 545 g/mol. The molecular formula is C33H29FN6O. The summed E-state index contributed by atoms with van der Waals surface area (Å²) in [7, 11) is 0. The Balaban J connectivity index is 1.19. The van der Waals surface area contributed by atoms with Crippen molar-refractivity contribution in [1.82, 2.24) is 25.1 Å². The first-order valence-corrected chi connectivity index (χ1v) is 14.1. The minimum atomic E-state index is -0.281. The maximum atomic E-state index is 13.5. The predicted octanol–water partition coefficient (Wildman–Crippen LogP) is 7.88. The van der Waals surface area contributed by atoms with Crippen LogP contribution in [0.5, 0.6) is 0 Å². The van der Waals surface area contributed by atoms with E-state index in [-0.39, 0.29) is 11.7 Å². The topological polar surface area (TPSA) is 99.3 Å². The smallest absolute Gasteiger partial charge is 0.224 e. The third-order valence-corrected chi connectivity index (χ3v) is 8.04. The van der Waals surface area contributed by atoms with Crippen molar-refractivity contribution in [3.63, 3.8) is 0 Å². The first-order chi connectivity index (χ1) is 20.1. The maximum absolute atomic E-state index is 13.5. The molecule has 4 heterocycles. The molecule has 2 aromatic carbocycles. The lowest BCUT2D eigenvalue weighted by Crippen LogP contribution is -2.18. The Labute approximate surface area is 236 Å². The van der Waals surface area contributed by atoms with Gasteiger partial charge in [-0.1, -0.05) is 25.3 Å². The number of pyridine rings is 2. The second-order valence-corrected chi connectivity index (χ2v) is 10.9. The summed E-state index contributed by atoms with van der Waals surface area (Å²) >= 11 is 0. The molecule has 0 saturated heterocycles. The number of anilines is 1. The highest BCUT2D eigenvalue weighted by atomic mass is 19.1. The number of fused-ring (bicyclic) bond motifs is 2. The van der Waals surface area contributed by atoms with E-state index in [2.05, 4.69) is 36.5 Å². The van der Waals surface area contributed by atoms with Crippen LogP contribution in [0.3, 0.4) is 0 Å². The van der Waals surface area contributed by atoms with Gasteiger partial charge in [0.05, 0.1) is 28.8 Å². The number of nitrogens with one attached hydrogen (secondary N) is 3. The minimum Gasteiger partial charge on any atom is -0.353 e. The van der Waals surface area contributed by atoms with Gasteiger partial charge in [0.1, 0.15) is 11.5 Å². The van der Waals surface area contributed by atoms with Crippen molar-refractivity contribution in [2.75, 3.05) is 5.32 Å². The van der Waals surface area contributed by atoms with Crippen LogP contribution in [0.1, 0.15) is 38.5 Å². The van der Waals surface area contributed by atoms with Gasteiger partial charge in [-0.15, -0.1) is 0 Å². The van der Waals surface area contributed by atoms with Crippen LogP contribution < -0.4 is 5.32 Å². The van der Waals surface area contributed by atoms with Gasteiger partial charge in [0.2, 0.25) is 5.91 Å². The largest absolute Gasteiger partial charge is 0.353 e. The van der Waals surface area contributed by atoms with Gasteiger partial charge in [-0.25, -0.2) is 4.39 Å². The lowest BCUT2D eigenvalue weighted by molar-refractivity contribution is -0.117. The van der Waals surface area contributed by atoms with Crippen molar-refractivity contribution in [3.8, 4) is 33.8 Å². The van der Waals surface area contributed by atoms with Gasteiger partial charge < -0.3 is 10.3 Å². The Bertz CT molecular complexity index is 1870. The second kappa shape index (κ2) is 10.6. The van der Waals surface area contributed by atoms with E-state index in [0.717, 1.165) is 68.4 Å². The molecule has 1 amide bonds. The van der Waals surface area contributed by atoms with E-state index in [1.54, 1.807) is 30.7 Å². The number of aromatic amines is 2. The third kappa shape index (κ3) is 5.09. The second-order valence-electron chi connectivity index (χ2n) is 10.9. The molecule has 7 nitrogen and oxygen atoms in total. The molecule has 0 aliphatic heterocycles. The summed E-state index contributed by atoms with van der Waals surface area (Å²) in [4.78, 5) is 25.2. The van der Waals surface area contributed by atoms with Crippen LogP contribution in [0.25, 0.3) is 55.6 Å². The Kier molecular flexibility index (Phi) is 6.51. The molecule has 7 rings (SSSR count). The van der Waals surface area contributed by atoms with Gasteiger partial charge in [0, 0.05) is 46.2 Å². The van der Waals surface area contributed by atoms with E-state index in [1.165, 1.54) is 31.4 Å². The van der Waals surface area contributed by atoms with Crippen LogP contribution in [0.2, 0.25) is 0 Å². The van der Waals surface area contributed by atoms with Crippen LogP contribution in [0.4, 0.5) is 10.1 Å². The van der Waals surface area contributed by atoms with Crippen molar-refractivity contribution in [1.29, 1.82) is 0 Å². The zero-order valence-electron chi connectivity index (χ0n) is 22.5. The summed E-state index contributed by atoms with van der Waals surface area (Å²) in [5.41, 5.74) is 7.66. The molecule has 0 radical (unpaired) electrons. The fourth-order valence-corrected chi connectivity index (χ4v) is 5.95. The summed E-state index contributed by atoms with van der Waals surface area (Å²) in [5.74, 6) is 0.253. The number of hydrogen-bond donors (Lipinski definition) is 3. The summed E-state index contributed by atoms with van der Waals surface area (Å²) in [6.45, 7) is 0. The first kappa shape index (κ1) is 25.1. The summed E-state index contributed by atoms with van der Waals surface area (Å²) < 4.78 is 13.5. The maximum Gasteiger partial charge on any atom is 0.224 e. The molecule has 0 unspecified atom stereocenters. The Morgan fingerprint density at radius 1 is 0.854 bits per heavy atom. The van der Waals surface area contributed by atoms with Crippen molar-refractivity contribution in [3.05, 3.63) is 85.1 Å². The molecule has 6 aromatic rings. The number of hydrogen-bond acceptors (Lipinski definition) is 4. The molecule has 0 bridgehead atoms. The van der Waals surface area contributed by atoms with Crippen LogP contribution >= 0.6 is 0 Å². The fourth-order valence-electron chi connectivity index (χ4n) is 5.95. The SMILES string of the molecule is O=C(CC1CCCCC1)Nc1cncc(-c2ccc3[nH]nc(-c4cc5c(-c6ccc(F)cc6)nccc5[nH]4)c3c2)c1. The van der Waals surface area contributed by atoms with Gasteiger partial charge in [-0.05, 0) is 78.9 Å². The van der Waals surface area contributed by atoms with Crippen LogP contribution in [0.15, 0.2) is 79.3 Å². The lowest BCUT2D eigenvalue weighted by Gasteiger charge is -2.20. The van der Waals surface area contributed by atoms with Gasteiger partial charge in [0.15, 0.2) is 0 Å². The van der Waals surface area contributed by atoms with E-state index in [9.17, 15) is 9.18 Å². The molecular weight excluding hydrogens is 515 g/mol. The number of amides is 1. The van der Waals surface area contributed by atoms with Gasteiger partial charge in [0.25, 0.3) is 0 Å². The molecule has 1 aliphatic rings. The molecule has 3 N–H and O–H groups in total. The fraction of sp³-hybridized carbons (Fsp3) is 0.212. The molecule has 204 valence electrons. The Morgan fingerprint density at radius 3 is 2.51 bits per heavy atom. The number of aromatic nitrogens is 5. The van der Waals surface area contributed by atoms with E-state index in [1.807, 2.05) is 30.3 Å². The van der Waals surface area contributed by atoms with Gasteiger partial charge >= 0.3 is 0 Å². The zero-order chi connectivity index (χ0) is 27.8. The minimum absolute atomic E-state index is 0.0525. The number of rotatable bonds is 6. The van der Waals surface area contributed by atoms with Crippen molar-refractivity contribution < 1.29 is 9.18 Å². The summed E-state index contributed by atoms with van der Waals surface area (Å²) in [6.07, 6.45) is 11.8. The van der Waals surface area contributed by atoms with Crippen LogP contribution in [-0.2, 0) is 4.79 Å². The van der Waals surface area contributed by atoms with E-state index in [4.69, 9.17) is 0 Å². The highest BCUT2D eigenvalue weighted by Crippen LogP contribution is 2.35. The number of benzene rings is 2. The highest BCUT2D eigenvalue weighted by Gasteiger charge is 2.18. The van der Waals surface area contributed by atoms with Crippen molar-refractivity contribution in [2.45, 2.75) is 38.5 Å². The van der Waals surface area contributed by atoms with Crippen molar-refractivity contribution >= 4 is 33.4 Å². The summed E-state index contributed by atoms with van der Waals surface area (Å²) in [6, 6.07) is 18.4. The van der Waals surface area contributed by atoms with Crippen LogP contribution in [-0.4, -0.2) is 31.1 Å².